The molecule has 0 radical (unpaired) electrons. The molecule has 1 fully saturated rings. The molecule has 3 heterocycles. The van der Waals surface area contributed by atoms with Crippen molar-refractivity contribution in [2.45, 2.75) is 25.3 Å². The standard InChI is InChI=1S/C28H23FN4O4/c29-20-8-9-22-24(15-20)37-31-25(22)18-10-12-32(13-11-18)27(35)19-5-3-4-17(14-19)16-33-23-7-2-1-6-21(23)26(34)30-28(33)36/h1-9,14-15,18H,10-13,16H2,(H,30,34,36). The van der Waals surface area contributed by atoms with Gasteiger partial charge in [-0.2, -0.15) is 0 Å². The summed E-state index contributed by atoms with van der Waals surface area (Å²) in [7, 11) is 0. The first kappa shape index (κ1) is 22.9. The number of likely N-dealkylation sites (tertiary alicyclic amines) is 1. The van der Waals surface area contributed by atoms with Gasteiger partial charge in [-0.1, -0.05) is 29.4 Å². The van der Waals surface area contributed by atoms with Crippen molar-refractivity contribution >= 4 is 27.8 Å². The Balaban J connectivity index is 1.19. The summed E-state index contributed by atoms with van der Waals surface area (Å²) in [4.78, 5) is 42.2. The minimum Gasteiger partial charge on any atom is -0.356 e. The van der Waals surface area contributed by atoms with Gasteiger partial charge in [0.2, 0.25) is 0 Å². The number of rotatable bonds is 4. The van der Waals surface area contributed by atoms with Crippen LogP contribution in [0.3, 0.4) is 0 Å². The van der Waals surface area contributed by atoms with Crippen molar-refractivity contribution in [1.82, 2.24) is 19.6 Å². The van der Waals surface area contributed by atoms with Crippen molar-refractivity contribution in [2.24, 2.45) is 0 Å². The van der Waals surface area contributed by atoms with Crippen LogP contribution in [0, 0.1) is 5.82 Å². The lowest BCUT2D eigenvalue weighted by Gasteiger charge is -2.31. The van der Waals surface area contributed by atoms with E-state index >= 15 is 0 Å². The number of hydrogen-bond donors (Lipinski definition) is 1. The normalized spacial score (nSPS) is 14.5. The first-order valence-electron chi connectivity index (χ1n) is 12.1. The minimum atomic E-state index is -0.495. The number of aromatic nitrogens is 3. The van der Waals surface area contributed by atoms with E-state index in [9.17, 15) is 18.8 Å². The number of carbonyl (C=O) groups is 1. The molecule has 5 aromatic rings. The van der Waals surface area contributed by atoms with E-state index in [0.29, 0.717) is 35.1 Å². The molecule has 1 N–H and O–H groups in total. The highest BCUT2D eigenvalue weighted by atomic mass is 19.1. The van der Waals surface area contributed by atoms with Crippen LogP contribution in [0.15, 0.2) is 80.8 Å². The Morgan fingerprint density at radius 1 is 1.00 bits per heavy atom. The summed E-state index contributed by atoms with van der Waals surface area (Å²) in [5, 5.41) is 5.42. The van der Waals surface area contributed by atoms with Gasteiger partial charge >= 0.3 is 5.69 Å². The van der Waals surface area contributed by atoms with Gasteiger partial charge in [0, 0.05) is 36.0 Å². The zero-order chi connectivity index (χ0) is 25.5. The number of benzene rings is 3. The summed E-state index contributed by atoms with van der Waals surface area (Å²) in [6.45, 7) is 1.35. The molecule has 6 rings (SSSR count). The fourth-order valence-corrected chi connectivity index (χ4v) is 5.15. The molecule has 0 aliphatic carbocycles. The summed E-state index contributed by atoms with van der Waals surface area (Å²) in [6, 6.07) is 18.6. The van der Waals surface area contributed by atoms with Crippen LogP contribution in [-0.2, 0) is 6.54 Å². The molecule has 1 saturated heterocycles. The van der Waals surface area contributed by atoms with Crippen LogP contribution in [-0.4, -0.2) is 38.6 Å². The molecule has 2 aromatic heterocycles. The van der Waals surface area contributed by atoms with E-state index < -0.39 is 11.2 Å². The maximum absolute atomic E-state index is 13.5. The maximum atomic E-state index is 13.5. The van der Waals surface area contributed by atoms with E-state index in [4.69, 9.17) is 4.52 Å². The average Bonchev–Trinajstić information content (AvgIpc) is 3.34. The molecule has 3 aromatic carbocycles. The van der Waals surface area contributed by atoms with Gasteiger partial charge in [-0.15, -0.1) is 0 Å². The Hall–Kier alpha value is -4.53. The van der Waals surface area contributed by atoms with Crippen LogP contribution in [0.2, 0.25) is 0 Å². The SMILES string of the molecule is O=C(c1cccc(Cn2c(=O)[nH]c(=O)c3ccccc32)c1)N1CCC(c2noc3cc(F)ccc23)CC1. The van der Waals surface area contributed by atoms with Crippen LogP contribution >= 0.6 is 0 Å². The van der Waals surface area contributed by atoms with E-state index in [1.54, 1.807) is 48.5 Å². The predicted octanol–water partition coefficient (Wildman–Crippen LogP) is 4.04. The lowest BCUT2D eigenvalue weighted by molar-refractivity contribution is 0.0711. The molecule has 0 saturated carbocycles. The van der Waals surface area contributed by atoms with Gasteiger partial charge in [0.15, 0.2) is 5.58 Å². The van der Waals surface area contributed by atoms with Crippen molar-refractivity contribution < 1.29 is 13.7 Å². The monoisotopic (exact) mass is 498 g/mol. The molecule has 0 spiro atoms. The van der Waals surface area contributed by atoms with Gasteiger partial charge in [0.1, 0.15) is 5.82 Å². The van der Waals surface area contributed by atoms with Crippen molar-refractivity contribution in [3.8, 4) is 0 Å². The maximum Gasteiger partial charge on any atom is 0.329 e. The van der Waals surface area contributed by atoms with Gasteiger partial charge < -0.3 is 9.42 Å². The first-order chi connectivity index (χ1) is 18.0. The number of amides is 1. The van der Waals surface area contributed by atoms with Crippen LogP contribution in [0.5, 0.6) is 0 Å². The smallest absolute Gasteiger partial charge is 0.329 e. The van der Waals surface area contributed by atoms with Crippen molar-refractivity contribution in [3.63, 3.8) is 0 Å². The van der Waals surface area contributed by atoms with E-state index in [0.717, 1.165) is 29.5 Å². The quantitative estimate of drug-likeness (QED) is 0.403. The number of aromatic amines is 1. The average molecular weight is 499 g/mol. The topological polar surface area (TPSA) is 101 Å². The lowest BCUT2D eigenvalue weighted by Crippen LogP contribution is -2.38. The van der Waals surface area contributed by atoms with E-state index in [1.165, 1.54) is 16.7 Å². The Kier molecular flexibility index (Phi) is 5.67. The fraction of sp³-hybridized carbons (Fsp3) is 0.214. The molecule has 0 bridgehead atoms. The third-order valence-electron chi connectivity index (χ3n) is 7.05. The van der Waals surface area contributed by atoms with Gasteiger partial charge in [0.25, 0.3) is 11.5 Å². The second-order valence-electron chi connectivity index (χ2n) is 9.34. The van der Waals surface area contributed by atoms with Crippen LogP contribution in [0.1, 0.15) is 40.4 Å². The van der Waals surface area contributed by atoms with Crippen LogP contribution in [0.4, 0.5) is 4.39 Å². The van der Waals surface area contributed by atoms with Gasteiger partial charge in [-0.05, 0) is 54.8 Å². The number of fused-ring (bicyclic) bond motifs is 2. The molecule has 186 valence electrons. The number of para-hydroxylation sites is 1. The Bertz CT molecular complexity index is 1760. The number of nitrogens with one attached hydrogen (secondary N) is 1. The number of carbonyl (C=O) groups excluding carboxylic acids is 1. The van der Waals surface area contributed by atoms with Gasteiger partial charge in [0.05, 0.1) is 23.1 Å². The molecule has 0 unspecified atom stereocenters. The number of hydrogen-bond acceptors (Lipinski definition) is 5. The largest absolute Gasteiger partial charge is 0.356 e. The molecule has 8 nitrogen and oxygen atoms in total. The fourth-order valence-electron chi connectivity index (χ4n) is 5.15. The number of piperidine rings is 1. The molecule has 1 aliphatic heterocycles. The van der Waals surface area contributed by atoms with Crippen molar-refractivity contribution in [3.05, 3.63) is 110 Å². The molecular weight excluding hydrogens is 475 g/mol. The van der Waals surface area contributed by atoms with E-state index in [1.807, 2.05) is 11.0 Å². The van der Waals surface area contributed by atoms with E-state index in [-0.39, 0.29) is 24.2 Å². The van der Waals surface area contributed by atoms with Crippen molar-refractivity contribution in [1.29, 1.82) is 0 Å². The number of nitrogens with zero attached hydrogens (tertiary/aromatic N) is 3. The van der Waals surface area contributed by atoms with Crippen molar-refractivity contribution in [2.75, 3.05) is 13.1 Å². The highest BCUT2D eigenvalue weighted by Crippen LogP contribution is 2.33. The summed E-state index contributed by atoms with van der Waals surface area (Å²) in [5.74, 6) is -0.315. The summed E-state index contributed by atoms with van der Waals surface area (Å²) >= 11 is 0. The Morgan fingerprint density at radius 3 is 2.65 bits per heavy atom. The molecule has 37 heavy (non-hydrogen) atoms. The zero-order valence-corrected chi connectivity index (χ0v) is 19.8. The van der Waals surface area contributed by atoms with Gasteiger partial charge in [-0.3, -0.25) is 19.1 Å². The van der Waals surface area contributed by atoms with Crippen LogP contribution in [0.25, 0.3) is 21.9 Å². The van der Waals surface area contributed by atoms with E-state index in [2.05, 4.69) is 10.1 Å². The summed E-state index contributed by atoms with van der Waals surface area (Å²) in [6.07, 6.45) is 1.45. The highest BCUT2D eigenvalue weighted by Gasteiger charge is 2.28. The summed E-state index contributed by atoms with van der Waals surface area (Å²) < 4.78 is 20.3. The third-order valence-corrected chi connectivity index (χ3v) is 7.05. The van der Waals surface area contributed by atoms with Gasteiger partial charge in [-0.25, -0.2) is 9.18 Å². The number of halogens is 1. The molecule has 0 atom stereocenters. The molecule has 9 heteroatoms. The minimum absolute atomic E-state index is 0.0777. The Labute approximate surface area is 209 Å². The Morgan fingerprint density at radius 2 is 1.81 bits per heavy atom. The number of H-pyrrole nitrogens is 1. The lowest BCUT2D eigenvalue weighted by atomic mass is 9.91. The van der Waals surface area contributed by atoms with Crippen LogP contribution < -0.4 is 11.2 Å². The predicted molar refractivity (Wildman–Crippen MR) is 136 cm³/mol. The molecule has 1 aliphatic rings. The third kappa shape index (κ3) is 4.22. The second kappa shape index (κ2) is 9.16. The highest BCUT2D eigenvalue weighted by molar-refractivity contribution is 5.94. The summed E-state index contributed by atoms with van der Waals surface area (Å²) in [5.41, 5.74) is 2.18. The second-order valence-corrected chi connectivity index (χ2v) is 9.34. The molecular formula is C28H23FN4O4. The first-order valence-corrected chi connectivity index (χ1v) is 12.1. The zero-order valence-electron chi connectivity index (χ0n) is 19.8. The molecule has 1 amide bonds.